The Labute approximate surface area is 69.6 Å². The lowest BCUT2D eigenvalue weighted by atomic mass is 10.1. The first-order valence-electron chi connectivity index (χ1n) is 3.79. The van der Waals surface area contributed by atoms with Crippen LogP contribution in [0.2, 0.25) is 0 Å². The fourth-order valence-electron chi connectivity index (χ4n) is 0.728. The van der Waals surface area contributed by atoms with Gasteiger partial charge in [0.25, 0.3) is 0 Å². The minimum atomic E-state index is 0.463. The lowest BCUT2D eigenvalue weighted by molar-refractivity contribution is 0.433. The van der Waals surface area contributed by atoms with Gasteiger partial charge in [-0.15, -0.1) is 0 Å². The number of allylic oxidation sites excluding steroid dienone is 1. The molecule has 0 atom stereocenters. The largest absolute Gasteiger partial charge is 0.375 e. The first-order chi connectivity index (χ1) is 5.00. The van der Waals surface area contributed by atoms with Crippen LogP contribution in [0, 0.1) is 5.92 Å². The number of hydrogen-bond acceptors (Lipinski definition) is 2. The second-order valence-electron chi connectivity index (χ2n) is 2.90. The second kappa shape index (κ2) is 4.06. The van der Waals surface area contributed by atoms with Crippen molar-refractivity contribution in [2.75, 3.05) is 14.1 Å². The van der Waals surface area contributed by atoms with Crippen molar-refractivity contribution in [3.63, 3.8) is 0 Å². The fourth-order valence-corrected chi connectivity index (χ4v) is 0.728. The van der Waals surface area contributed by atoms with Gasteiger partial charge >= 0.3 is 0 Å². The van der Waals surface area contributed by atoms with Gasteiger partial charge in [-0.3, -0.25) is 0 Å². The topological polar surface area (TPSA) is 15.3 Å². The summed E-state index contributed by atoms with van der Waals surface area (Å²) in [5.74, 6) is 1.34. The van der Waals surface area contributed by atoms with Crippen molar-refractivity contribution in [1.29, 1.82) is 0 Å². The maximum atomic E-state index is 3.95. The molecule has 0 saturated heterocycles. The van der Waals surface area contributed by atoms with E-state index in [1.54, 1.807) is 0 Å². The molecule has 0 bridgehead atoms. The molecule has 0 unspecified atom stereocenters. The highest BCUT2D eigenvalue weighted by Crippen LogP contribution is 2.13. The summed E-state index contributed by atoms with van der Waals surface area (Å²) in [5.41, 5.74) is 1.07. The molecule has 64 valence electrons. The van der Waals surface area contributed by atoms with E-state index in [0.717, 1.165) is 11.5 Å². The van der Waals surface area contributed by atoms with Crippen LogP contribution in [0.3, 0.4) is 0 Å². The Morgan fingerprint density at radius 2 is 1.82 bits per heavy atom. The first kappa shape index (κ1) is 10.1. The van der Waals surface area contributed by atoms with Crippen molar-refractivity contribution in [3.8, 4) is 0 Å². The van der Waals surface area contributed by atoms with E-state index in [-0.39, 0.29) is 0 Å². The summed E-state index contributed by atoms with van der Waals surface area (Å²) < 4.78 is 0. The van der Waals surface area contributed by atoms with E-state index in [0.29, 0.717) is 5.92 Å². The van der Waals surface area contributed by atoms with E-state index >= 15 is 0 Å². The molecule has 1 N–H and O–H groups in total. The lowest BCUT2D eigenvalue weighted by Crippen LogP contribution is -2.26. The van der Waals surface area contributed by atoms with Crippen LogP contribution in [0.15, 0.2) is 24.7 Å². The number of rotatable bonds is 4. The number of nitrogens with zero attached hydrogens (tertiary/aromatic N) is 1. The molecule has 0 aromatic carbocycles. The van der Waals surface area contributed by atoms with Gasteiger partial charge in [-0.05, 0) is 5.92 Å². The van der Waals surface area contributed by atoms with Crippen LogP contribution in [-0.4, -0.2) is 19.0 Å². The quantitative estimate of drug-likeness (QED) is 0.664. The molecule has 0 aliphatic carbocycles. The molecule has 0 amide bonds. The van der Waals surface area contributed by atoms with E-state index in [2.05, 4.69) is 32.3 Å². The maximum Gasteiger partial charge on any atom is 0.0975 e. The van der Waals surface area contributed by atoms with E-state index in [9.17, 15) is 0 Å². The summed E-state index contributed by atoms with van der Waals surface area (Å²) in [6, 6.07) is 0. The number of nitrogens with one attached hydrogen (secondary N) is 1. The van der Waals surface area contributed by atoms with Gasteiger partial charge in [-0.1, -0.05) is 27.0 Å². The Hall–Kier alpha value is -0.920. The van der Waals surface area contributed by atoms with Crippen molar-refractivity contribution in [2.24, 2.45) is 5.92 Å². The molecule has 0 aliphatic rings. The molecule has 0 aromatic rings. The highest BCUT2D eigenvalue weighted by Gasteiger charge is 2.07. The highest BCUT2D eigenvalue weighted by molar-refractivity contribution is 5.05. The minimum absolute atomic E-state index is 0.463. The summed E-state index contributed by atoms with van der Waals surface area (Å²) in [6.45, 7) is 12.0. The summed E-state index contributed by atoms with van der Waals surface area (Å²) in [6.07, 6.45) is 0. The summed E-state index contributed by atoms with van der Waals surface area (Å²) >= 11 is 0. The average Bonchev–Trinajstić information content (AvgIpc) is 2.00. The summed E-state index contributed by atoms with van der Waals surface area (Å²) in [4.78, 5) is 1.96. The molecule has 0 aromatic heterocycles. The third kappa shape index (κ3) is 2.66. The summed E-state index contributed by atoms with van der Waals surface area (Å²) in [7, 11) is 3.81. The van der Waals surface area contributed by atoms with Crippen LogP contribution in [-0.2, 0) is 0 Å². The molecule has 0 spiro atoms. The molecular formula is C9H18N2. The third-order valence-electron chi connectivity index (χ3n) is 1.79. The standard InChI is InChI=1S/C9H18N2/c1-7(2)8(3)11(6)9(4)10-5/h7,10H,3-4H2,1-2,5-6H3. The zero-order chi connectivity index (χ0) is 9.02. The Balaban J connectivity index is 4.13. The maximum absolute atomic E-state index is 3.95. The molecule has 0 radical (unpaired) electrons. The second-order valence-corrected chi connectivity index (χ2v) is 2.90. The van der Waals surface area contributed by atoms with E-state index in [1.807, 2.05) is 19.0 Å². The highest BCUT2D eigenvalue weighted by atomic mass is 15.2. The van der Waals surface area contributed by atoms with Gasteiger partial charge in [0.2, 0.25) is 0 Å². The van der Waals surface area contributed by atoms with Gasteiger partial charge < -0.3 is 10.2 Å². The van der Waals surface area contributed by atoms with E-state index < -0.39 is 0 Å². The predicted octanol–water partition coefficient (Wildman–Crippen LogP) is 1.78. The van der Waals surface area contributed by atoms with Gasteiger partial charge in [0.05, 0.1) is 5.82 Å². The smallest absolute Gasteiger partial charge is 0.0975 e. The Bertz CT molecular complexity index is 159. The molecule has 0 fully saturated rings. The van der Waals surface area contributed by atoms with Crippen LogP contribution < -0.4 is 5.32 Å². The van der Waals surface area contributed by atoms with Crippen LogP contribution in [0.1, 0.15) is 13.8 Å². The zero-order valence-electron chi connectivity index (χ0n) is 7.94. The van der Waals surface area contributed by atoms with Crippen LogP contribution >= 0.6 is 0 Å². The monoisotopic (exact) mass is 154 g/mol. The van der Waals surface area contributed by atoms with Gasteiger partial charge in [0, 0.05) is 19.8 Å². The Kier molecular flexibility index (Phi) is 3.72. The van der Waals surface area contributed by atoms with Crippen molar-refractivity contribution < 1.29 is 0 Å². The normalized spacial score (nSPS) is 9.55. The van der Waals surface area contributed by atoms with Crippen molar-refractivity contribution in [3.05, 3.63) is 24.7 Å². The molecule has 0 saturated carbocycles. The molecule has 0 heterocycles. The third-order valence-corrected chi connectivity index (χ3v) is 1.79. The molecule has 2 nitrogen and oxygen atoms in total. The molecular weight excluding hydrogens is 136 g/mol. The Morgan fingerprint density at radius 1 is 1.36 bits per heavy atom. The van der Waals surface area contributed by atoms with E-state index in [4.69, 9.17) is 0 Å². The van der Waals surface area contributed by atoms with Crippen molar-refractivity contribution in [1.82, 2.24) is 10.2 Å². The predicted molar refractivity (Wildman–Crippen MR) is 49.9 cm³/mol. The Morgan fingerprint density at radius 3 is 2.09 bits per heavy atom. The fraction of sp³-hybridized carbons (Fsp3) is 0.556. The van der Waals surface area contributed by atoms with Crippen LogP contribution in [0.25, 0.3) is 0 Å². The molecule has 2 heteroatoms. The SMILES string of the molecule is C=C(NC)N(C)C(=C)C(C)C. The van der Waals surface area contributed by atoms with Crippen LogP contribution in [0.5, 0.6) is 0 Å². The molecule has 0 rings (SSSR count). The van der Waals surface area contributed by atoms with Crippen LogP contribution in [0.4, 0.5) is 0 Å². The van der Waals surface area contributed by atoms with Gasteiger partial charge in [-0.2, -0.15) is 0 Å². The molecule has 0 aliphatic heterocycles. The minimum Gasteiger partial charge on any atom is -0.375 e. The first-order valence-corrected chi connectivity index (χ1v) is 3.79. The lowest BCUT2D eigenvalue weighted by Gasteiger charge is -2.25. The van der Waals surface area contributed by atoms with Gasteiger partial charge in [0.1, 0.15) is 0 Å². The van der Waals surface area contributed by atoms with Crippen molar-refractivity contribution in [2.45, 2.75) is 13.8 Å². The van der Waals surface area contributed by atoms with Gasteiger partial charge in [0.15, 0.2) is 0 Å². The molecule has 11 heavy (non-hydrogen) atoms. The zero-order valence-corrected chi connectivity index (χ0v) is 7.94. The number of hydrogen-bond donors (Lipinski definition) is 1. The average molecular weight is 154 g/mol. The summed E-state index contributed by atoms with van der Waals surface area (Å²) in [5, 5.41) is 2.97. The van der Waals surface area contributed by atoms with E-state index in [1.165, 1.54) is 0 Å². The van der Waals surface area contributed by atoms with Crippen molar-refractivity contribution >= 4 is 0 Å². The van der Waals surface area contributed by atoms with Gasteiger partial charge in [-0.25, -0.2) is 0 Å².